The average Bonchev–Trinajstić information content (AvgIpc) is 3.11. The molecule has 0 saturated carbocycles. The van der Waals surface area contributed by atoms with Crippen LogP contribution in [0.4, 0.5) is 16.2 Å². The summed E-state index contributed by atoms with van der Waals surface area (Å²) in [6, 6.07) is 15.8. The maximum Gasteiger partial charge on any atom is 0.339 e. The average molecular weight is 542 g/mol. The maximum atomic E-state index is 12.9. The van der Waals surface area contributed by atoms with E-state index >= 15 is 0 Å². The minimum Gasteiger partial charge on any atom is -0.379 e. The molecule has 2 amide bonds. The molecule has 12 nitrogen and oxygen atoms in total. The van der Waals surface area contributed by atoms with E-state index in [1.165, 1.54) is 48.5 Å². The highest BCUT2D eigenvalue weighted by Gasteiger charge is 2.36. The summed E-state index contributed by atoms with van der Waals surface area (Å²) in [5.74, 6) is -0.789. The van der Waals surface area contributed by atoms with E-state index in [4.69, 9.17) is 4.18 Å². The molecule has 3 aromatic carbocycles. The molecular formula is C23H15N3O9S2. The van der Waals surface area contributed by atoms with Gasteiger partial charge in [-0.2, -0.15) is 8.42 Å². The lowest BCUT2D eigenvalue weighted by Crippen LogP contribution is -2.27. The lowest BCUT2D eigenvalue weighted by atomic mass is 10.1. The van der Waals surface area contributed by atoms with Crippen molar-refractivity contribution in [2.75, 3.05) is 0 Å². The number of nitro benzene ring substituents is 2. The van der Waals surface area contributed by atoms with Crippen LogP contribution in [0.25, 0.3) is 6.08 Å². The molecule has 1 heterocycles. The van der Waals surface area contributed by atoms with Gasteiger partial charge in [0.1, 0.15) is 10.6 Å². The van der Waals surface area contributed by atoms with Gasteiger partial charge in [-0.3, -0.25) is 34.7 Å². The van der Waals surface area contributed by atoms with E-state index in [0.717, 1.165) is 23.1 Å². The molecule has 188 valence electrons. The molecule has 0 atom stereocenters. The number of hydrogen-bond acceptors (Lipinski definition) is 10. The largest absolute Gasteiger partial charge is 0.379 e. The molecule has 0 unspecified atom stereocenters. The van der Waals surface area contributed by atoms with Crippen molar-refractivity contribution in [2.45, 2.75) is 11.4 Å². The van der Waals surface area contributed by atoms with E-state index in [0.29, 0.717) is 17.3 Å². The van der Waals surface area contributed by atoms with Gasteiger partial charge in [0.2, 0.25) is 0 Å². The molecule has 1 fully saturated rings. The van der Waals surface area contributed by atoms with Crippen LogP contribution < -0.4 is 4.18 Å². The third kappa shape index (κ3) is 5.65. The second-order valence-electron chi connectivity index (χ2n) is 7.52. The van der Waals surface area contributed by atoms with Crippen LogP contribution in [0.2, 0.25) is 0 Å². The zero-order chi connectivity index (χ0) is 26.7. The van der Waals surface area contributed by atoms with Crippen LogP contribution in [-0.2, 0) is 21.5 Å². The van der Waals surface area contributed by atoms with Gasteiger partial charge in [-0.15, -0.1) is 0 Å². The predicted molar refractivity (Wildman–Crippen MR) is 132 cm³/mol. The SMILES string of the molecule is O=C1S/C(=C\c2cccc(OS(=O)(=O)c3cccc([N+](=O)[O-])c3)c2)C(=O)N1Cc1ccccc1[N+](=O)[O-]. The van der Waals surface area contributed by atoms with Crippen LogP contribution >= 0.6 is 11.8 Å². The Bertz CT molecular complexity index is 1590. The fourth-order valence-electron chi connectivity index (χ4n) is 3.36. The molecule has 1 aliphatic heterocycles. The first-order valence-electron chi connectivity index (χ1n) is 10.3. The molecule has 14 heteroatoms. The number of nitro groups is 2. The zero-order valence-electron chi connectivity index (χ0n) is 18.5. The van der Waals surface area contributed by atoms with E-state index in [1.54, 1.807) is 12.1 Å². The van der Waals surface area contributed by atoms with Gasteiger partial charge in [0.05, 0.1) is 21.3 Å². The van der Waals surface area contributed by atoms with Crippen LogP contribution in [0.1, 0.15) is 11.1 Å². The van der Waals surface area contributed by atoms with Crippen molar-refractivity contribution in [3.8, 4) is 5.75 Å². The van der Waals surface area contributed by atoms with Crippen LogP contribution in [0.5, 0.6) is 5.75 Å². The van der Waals surface area contributed by atoms with Crippen molar-refractivity contribution in [1.29, 1.82) is 0 Å². The number of hydrogen-bond donors (Lipinski definition) is 0. The molecule has 0 aliphatic carbocycles. The molecule has 4 rings (SSSR count). The topological polar surface area (TPSA) is 167 Å². The molecule has 0 spiro atoms. The fraction of sp³-hybridized carbons (Fsp3) is 0.0435. The molecule has 0 N–H and O–H groups in total. The third-order valence-electron chi connectivity index (χ3n) is 5.07. The predicted octanol–water partition coefficient (Wildman–Crippen LogP) is 4.51. The normalized spacial score (nSPS) is 14.7. The van der Waals surface area contributed by atoms with Gasteiger partial charge >= 0.3 is 10.1 Å². The minimum absolute atomic E-state index is 0.0299. The van der Waals surface area contributed by atoms with Crippen molar-refractivity contribution < 1.29 is 32.0 Å². The van der Waals surface area contributed by atoms with E-state index < -0.39 is 41.7 Å². The van der Waals surface area contributed by atoms with E-state index in [2.05, 4.69) is 0 Å². The molecule has 0 bridgehead atoms. The molecule has 0 aromatic heterocycles. The molecule has 1 aliphatic rings. The smallest absolute Gasteiger partial charge is 0.339 e. The summed E-state index contributed by atoms with van der Waals surface area (Å²) < 4.78 is 30.3. The number of benzene rings is 3. The highest BCUT2D eigenvalue weighted by atomic mass is 32.2. The van der Waals surface area contributed by atoms with Gasteiger partial charge in [-0.25, -0.2) is 0 Å². The Morgan fingerprint density at radius 1 is 0.919 bits per heavy atom. The molecule has 3 aromatic rings. The van der Waals surface area contributed by atoms with Gasteiger partial charge in [0.25, 0.3) is 22.5 Å². The van der Waals surface area contributed by atoms with Gasteiger partial charge in [0.15, 0.2) is 0 Å². The number of rotatable bonds is 8. The number of amides is 2. The van der Waals surface area contributed by atoms with Crippen molar-refractivity contribution in [3.05, 3.63) is 109 Å². The molecule has 37 heavy (non-hydrogen) atoms. The van der Waals surface area contributed by atoms with Gasteiger partial charge in [0, 0.05) is 23.8 Å². The van der Waals surface area contributed by atoms with E-state index in [-0.39, 0.29) is 28.5 Å². The highest BCUT2D eigenvalue weighted by molar-refractivity contribution is 8.18. The maximum absolute atomic E-state index is 12.9. The lowest BCUT2D eigenvalue weighted by molar-refractivity contribution is -0.385. The van der Waals surface area contributed by atoms with Crippen LogP contribution in [0.15, 0.2) is 82.6 Å². The second kappa shape index (κ2) is 10.2. The molecular weight excluding hydrogens is 526 g/mol. The zero-order valence-corrected chi connectivity index (χ0v) is 20.2. The number of thioether (sulfide) groups is 1. The first-order chi connectivity index (χ1) is 17.5. The van der Waals surface area contributed by atoms with Crippen molar-refractivity contribution in [1.82, 2.24) is 4.90 Å². The van der Waals surface area contributed by atoms with Gasteiger partial charge in [-0.1, -0.05) is 36.4 Å². The Hall–Kier alpha value is -4.56. The quantitative estimate of drug-likeness (QED) is 0.171. The Balaban J connectivity index is 1.55. The second-order valence-corrected chi connectivity index (χ2v) is 10.1. The highest BCUT2D eigenvalue weighted by Crippen LogP contribution is 2.35. The number of non-ortho nitro benzene ring substituents is 1. The molecule has 1 saturated heterocycles. The lowest BCUT2D eigenvalue weighted by Gasteiger charge is -2.12. The number of para-hydroxylation sites is 1. The first-order valence-corrected chi connectivity index (χ1v) is 12.5. The Morgan fingerprint density at radius 2 is 1.65 bits per heavy atom. The Morgan fingerprint density at radius 3 is 2.38 bits per heavy atom. The van der Waals surface area contributed by atoms with Crippen molar-refractivity contribution >= 4 is 50.5 Å². The third-order valence-corrected chi connectivity index (χ3v) is 7.22. The first kappa shape index (κ1) is 25.5. The fourth-order valence-corrected chi connectivity index (χ4v) is 5.17. The Kier molecular flexibility index (Phi) is 7.04. The van der Waals surface area contributed by atoms with Gasteiger partial charge in [-0.05, 0) is 41.6 Å². The monoisotopic (exact) mass is 541 g/mol. The van der Waals surface area contributed by atoms with Crippen LogP contribution in [0.3, 0.4) is 0 Å². The van der Waals surface area contributed by atoms with Crippen molar-refractivity contribution in [2.24, 2.45) is 0 Å². The molecule has 0 radical (unpaired) electrons. The summed E-state index contributed by atoms with van der Waals surface area (Å²) >= 11 is 0.636. The Labute approximate surface area is 213 Å². The standard InChI is InChI=1S/C23H15N3O9S2/c27-22-21(36-23(28)24(22)14-16-6-1-2-10-20(16)26(31)32)12-15-5-3-8-18(11-15)35-37(33,34)19-9-4-7-17(13-19)25(29)30/h1-13H,14H2/b21-12-. The van der Waals surface area contributed by atoms with E-state index in [9.17, 15) is 38.2 Å². The van der Waals surface area contributed by atoms with Crippen LogP contribution in [0, 0.1) is 20.2 Å². The number of carbonyl (C=O) groups excluding carboxylic acids is 2. The minimum atomic E-state index is -4.40. The van der Waals surface area contributed by atoms with E-state index in [1.807, 2.05) is 0 Å². The number of carbonyl (C=O) groups is 2. The van der Waals surface area contributed by atoms with Gasteiger partial charge < -0.3 is 4.18 Å². The summed E-state index contributed by atoms with van der Waals surface area (Å²) in [4.78, 5) is 46.7. The summed E-state index contributed by atoms with van der Waals surface area (Å²) in [5, 5.41) is 21.6. The number of imide groups is 1. The number of nitrogens with zero attached hydrogens (tertiary/aromatic N) is 3. The summed E-state index contributed by atoms with van der Waals surface area (Å²) in [6.07, 6.45) is 1.36. The summed E-state index contributed by atoms with van der Waals surface area (Å²) in [5.41, 5.74) is -0.115. The summed E-state index contributed by atoms with van der Waals surface area (Å²) in [7, 11) is -4.40. The van der Waals surface area contributed by atoms with Crippen LogP contribution in [-0.4, -0.2) is 34.3 Å². The van der Waals surface area contributed by atoms with Crippen molar-refractivity contribution in [3.63, 3.8) is 0 Å². The summed E-state index contributed by atoms with van der Waals surface area (Å²) in [6.45, 7) is -0.288.